The Balaban J connectivity index is 1.38. The summed E-state index contributed by atoms with van der Waals surface area (Å²) in [4.78, 5) is 25.8. The number of likely N-dealkylation sites (N-methyl/N-ethyl adjacent to an activating group) is 1. The number of carbonyl (C=O) groups excluding carboxylic acids is 1. The molecule has 0 aliphatic rings. The van der Waals surface area contributed by atoms with Crippen LogP contribution in [-0.4, -0.2) is 74.8 Å². The van der Waals surface area contributed by atoms with Crippen LogP contribution in [0.1, 0.15) is 17.0 Å². The minimum Gasteiger partial charge on any atom is -0.451 e. The summed E-state index contributed by atoms with van der Waals surface area (Å²) in [5.74, 6) is 1.16. The van der Waals surface area contributed by atoms with E-state index in [2.05, 4.69) is 118 Å². The van der Waals surface area contributed by atoms with Gasteiger partial charge in [-0.25, -0.2) is 9.78 Å². The van der Waals surface area contributed by atoms with Gasteiger partial charge in [-0.1, -0.05) is 48.5 Å². The molecule has 9 nitrogen and oxygen atoms in total. The molecule has 10 heteroatoms. The van der Waals surface area contributed by atoms with E-state index in [0.29, 0.717) is 5.56 Å². The van der Waals surface area contributed by atoms with Crippen molar-refractivity contribution in [2.75, 3.05) is 57.6 Å². The maximum absolute atomic E-state index is 11.4. The summed E-state index contributed by atoms with van der Waals surface area (Å²) in [5.41, 5.74) is 12.2. The number of amidine groups is 1. The minimum atomic E-state index is -0.715. The lowest BCUT2D eigenvalue weighted by Gasteiger charge is -2.26. The number of methoxy groups -OCH3 is 1. The third kappa shape index (κ3) is 7.41. The average Bonchev–Trinajstić information content (AvgIpc) is 3.35. The molecule has 0 fully saturated rings. The van der Waals surface area contributed by atoms with Crippen LogP contribution in [0, 0.1) is 0 Å². The summed E-state index contributed by atoms with van der Waals surface area (Å²) in [5, 5.41) is 2.49. The van der Waals surface area contributed by atoms with Crippen molar-refractivity contribution in [3.63, 3.8) is 0 Å². The zero-order valence-electron chi connectivity index (χ0n) is 26.8. The number of nitrogens with zero attached hydrogens (tertiary/aromatic N) is 6. The largest absolute Gasteiger partial charge is 0.451 e. The van der Waals surface area contributed by atoms with Gasteiger partial charge in [0.25, 0.3) is 0 Å². The van der Waals surface area contributed by atoms with Gasteiger partial charge in [0, 0.05) is 67.9 Å². The molecular formula is C35H41N7O2S. The highest BCUT2D eigenvalue weighted by molar-refractivity contribution is 8.00. The van der Waals surface area contributed by atoms with Crippen molar-refractivity contribution < 1.29 is 9.53 Å². The van der Waals surface area contributed by atoms with Gasteiger partial charge in [0.1, 0.15) is 11.7 Å². The van der Waals surface area contributed by atoms with Gasteiger partial charge < -0.3 is 29.1 Å². The number of hydrogen-bond acceptors (Lipinski definition) is 7. The maximum atomic E-state index is 11.4. The van der Waals surface area contributed by atoms with Gasteiger partial charge in [0.15, 0.2) is 0 Å². The van der Waals surface area contributed by atoms with E-state index in [9.17, 15) is 4.79 Å². The first-order chi connectivity index (χ1) is 21.6. The Morgan fingerprint density at radius 3 is 2.38 bits per heavy atom. The number of aliphatic imine (C=N–C) groups is 1. The van der Waals surface area contributed by atoms with E-state index in [1.165, 1.54) is 28.5 Å². The van der Waals surface area contributed by atoms with Crippen LogP contribution in [0.15, 0.2) is 88.8 Å². The summed E-state index contributed by atoms with van der Waals surface area (Å²) in [7, 11) is 11.7. The average molecular weight is 624 g/mol. The number of benzene rings is 4. The molecule has 45 heavy (non-hydrogen) atoms. The molecule has 4 aromatic carbocycles. The number of aryl methyl sites for hydroxylation is 3. The summed E-state index contributed by atoms with van der Waals surface area (Å²) < 4.78 is 9.12. The van der Waals surface area contributed by atoms with Crippen LogP contribution in [0.25, 0.3) is 21.8 Å². The maximum Gasteiger partial charge on any atom is 0.435 e. The molecule has 5 rings (SSSR count). The van der Waals surface area contributed by atoms with Gasteiger partial charge in [0.2, 0.25) is 0 Å². The second-order valence-corrected chi connectivity index (χ2v) is 12.5. The van der Waals surface area contributed by atoms with Crippen molar-refractivity contribution >= 4 is 57.1 Å². The predicted molar refractivity (Wildman–Crippen MR) is 188 cm³/mol. The normalized spacial score (nSPS) is 11.8. The van der Waals surface area contributed by atoms with E-state index < -0.39 is 6.09 Å². The number of ether oxygens (including phenoxy) is 1. The molecule has 0 spiro atoms. The van der Waals surface area contributed by atoms with Crippen LogP contribution in [-0.2, 0) is 24.6 Å². The smallest absolute Gasteiger partial charge is 0.435 e. The molecule has 5 aromatic rings. The summed E-state index contributed by atoms with van der Waals surface area (Å²) in [6, 6.07) is 27.4. The summed E-state index contributed by atoms with van der Waals surface area (Å²) in [6.45, 7) is 1.78. The van der Waals surface area contributed by atoms with Gasteiger partial charge in [-0.05, 0) is 73.7 Å². The van der Waals surface area contributed by atoms with Crippen LogP contribution in [0.3, 0.4) is 0 Å². The first-order valence-electron chi connectivity index (χ1n) is 14.9. The Kier molecular flexibility index (Phi) is 9.95. The predicted octanol–water partition coefficient (Wildman–Crippen LogP) is 6.12. The molecule has 0 saturated heterocycles. The van der Waals surface area contributed by atoms with Crippen LogP contribution in [0.2, 0.25) is 0 Å². The zero-order valence-corrected chi connectivity index (χ0v) is 27.6. The minimum absolute atomic E-state index is 0.135. The quantitative estimate of drug-likeness (QED) is 0.107. The van der Waals surface area contributed by atoms with E-state index in [0.717, 1.165) is 54.0 Å². The van der Waals surface area contributed by atoms with Gasteiger partial charge in [-0.3, -0.25) is 0 Å². The fourth-order valence-corrected chi connectivity index (χ4v) is 6.34. The Labute approximate surface area is 269 Å². The van der Waals surface area contributed by atoms with E-state index >= 15 is 0 Å². The Morgan fingerprint density at radius 1 is 0.933 bits per heavy atom. The third-order valence-electron chi connectivity index (χ3n) is 7.82. The van der Waals surface area contributed by atoms with E-state index in [1.807, 2.05) is 24.3 Å². The van der Waals surface area contributed by atoms with Crippen molar-refractivity contribution in [3.05, 3.63) is 95.8 Å². The zero-order chi connectivity index (χ0) is 32.1. The number of hydrogen-bond donors (Lipinski definition) is 1. The second kappa shape index (κ2) is 14.0. The molecule has 0 saturated carbocycles. The lowest BCUT2D eigenvalue weighted by molar-refractivity contribution is 0.182. The summed E-state index contributed by atoms with van der Waals surface area (Å²) in [6.07, 6.45) is 0.891. The van der Waals surface area contributed by atoms with Crippen molar-refractivity contribution in [2.24, 2.45) is 17.8 Å². The number of anilines is 2. The molecule has 0 aliphatic carbocycles. The standard InChI is InChI=1S/C35H41N7O2S/c1-39(2)21-22-42(45-32-12-8-9-27-28(32)10-7-11-30(27)40(3)4)26-18-19-31-29(23-26)37-33(41(31)5)20-15-24-13-16-25(17-14-24)34(36)38-35(43)44-6/h7-14,16-19,23H,15,20-22H2,1-6H3,(H2,36,38,43). The van der Waals surface area contributed by atoms with Gasteiger partial charge in [-0.15, -0.1) is 0 Å². The first kappa shape index (κ1) is 31.9. The van der Waals surface area contributed by atoms with Crippen LogP contribution >= 0.6 is 11.9 Å². The number of fused-ring (bicyclic) bond motifs is 2. The number of imidazole rings is 1. The number of amides is 1. The second-order valence-electron chi connectivity index (χ2n) is 11.4. The fraction of sp³-hybridized carbons (Fsp3) is 0.286. The van der Waals surface area contributed by atoms with Gasteiger partial charge >= 0.3 is 6.09 Å². The molecule has 1 aromatic heterocycles. The molecule has 0 bridgehead atoms. The number of carbonyl (C=O) groups is 1. The van der Waals surface area contributed by atoms with E-state index in [1.54, 1.807) is 11.9 Å². The highest BCUT2D eigenvalue weighted by Gasteiger charge is 2.16. The van der Waals surface area contributed by atoms with Crippen LogP contribution in [0.5, 0.6) is 0 Å². The van der Waals surface area contributed by atoms with Crippen molar-refractivity contribution in [1.29, 1.82) is 0 Å². The number of aromatic nitrogens is 2. The molecule has 234 valence electrons. The molecule has 1 amide bonds. The van der Waals surface area contributed by atoms with Crippen molar-refractivity contribution in [2.45, 2.75) is 17.7 Å². The highest BCUT2D eigenvalue weighted by atomic mass is 32.2. The SMILES string of the molecule is COC(=O)/N=C(\N)c1ccc(CCc2nc3cc(N(CCN(C)C)Sc4cccc5c(N(C)C)cccc45)ccc3n2C)cc1. The highest BCUT2D eigenvalue weighted by Crippen LogP contribution is 2.37. The lowest BCUT2D eigenvalue weighted by atomic mass is 10.1. The van der Waals surface area contributed by atoms with Crippen molar-refractivity contribution in [1.82, 2.24) is 14.5 Å². The Morgan fingerprint density at radius 2 is 1.67 bits per heavy atom. The summed E-state index contributed by atoms with van der Waals surface area (Å²) >= 11 is 1.78. The molecular weight excluding hydrogens is 582 g/mol. The van der Waals surface area contributed by atoms with Crippen LogP contribution < -0.4 is 14.9 Å². The first-order valence-corrected chi connectivity index (χ1v) is 15.7. The van der Waals surface area contributed by atoms with Crippen LogP contribution in [0.4, 0.5) is 16.2 Å². The Bertz CT molecular complexity index is 1830. The third-order valence-corrected chi connectivity index (χ3v) is 8.98. The monoisotopic (exact) mass is 623 g/mol. The molecule has 2 N–H and O–H groups in total. The molecule has 0 atom stereocenters. The van der Waals surface area contributed by atoms with Gasteiger partial charge in [-0.2, -0.15) is 4.99 Å². The van der Waals surface area contributed by atoms with E-state index in [-0.39, 0.29) is 5.84 Å². The Hall–Kier alpha value is -4.54. The van der Waals surface area contributed by atoms with Crippen molar-refractivity contribution in [3.8, 4) is 0 Å². The number of rotatable bonds is 11. The fourth-order valence-electron chi connectivity index (χ4n) is 5.29. The topological polar surface area (TPSA) is 92.2 Å². The molecule has 0 radical (unpaired) electrons. The molecule has 0 unspecified atom stereocenters. The molecule has 1 heterocycles. The number of nitrogens with two attached hydrogens (primary N) is 1. The molecule has 0 aliphatic heterocycles. The lowest BCUT2D eigenvalue weighted by Crippen LogP contribution is -2.26. The van der Waals surface area contributed by atoms with Gasteiger partial charge in [0.05, 0.1) is 18.1 Å². The van der Waals surface area contributed by atoms with E-state index in [4.69, 9.17) is 10.7 Å².